The van der Waals surface area contributed by atoms with Crippen LogP contribution < -0.4 is 4.74 Å². The number of esters is 1. The van der Waals surface area contributed by atoms with Crippen molar-refractivity contribution in [1.82, 2.24) is 4.90 Å². The average Bonchev–Trinajstić information content (AvgIpc) is 2.83. The normalized spacial score (nSPS) is 24.5. The van der Waals surface area contributed by atoms with E-state index in [0.717, 1.165) is 30.2 Å². The van der Waals surface area contributed by atoms with Crippen LogP contribution in [0.4, 0.5) is 4.79 Å². The third-order valence-electron chi connectivity index (χ3n) is 4.89. The van der Waals surface area contributed by atoms with Crippen LogP contribution >= 0.6 is 15.9 Å². The van der Waals surface area contributed by atoms with Gasteiger partial charge >= 0.3 is 12.1 Å². The van der Waals surface area contributed by atoms with Gasteiger partial charge in [-0.1, -0.05) is 15.9 Å². The minimum atomic E-state index is -0.496. The Bertz CT molecular complexity index is 716. The number of nitrogens with zero attached hydrogens (tertiary/aromatic N) is 1. The third-order valence-corrected chi connectivity index (χ3v) is 5.35. The summed E-state index contributed by atoms with van der Waals surface area (Å²) >= 11 is 3.41. The molecule has 2 fully saturated rings. The molecule has 2 aliphatic rings. The van der Waals surface area contributed by atoms with Crippen LogP contribution in [0, 0.1) is 0 Å². The van der Waals surface area contributed by atoms with E-state index < -0.39 is 11.6 Å². The molecule has 0 N–H and O–H groups in total. The number of fused-ring (bicyclic) bond motifs is 2. The lowest BCUT2D eigenvalue weighted by Crippen LogP contribution is -2.50. The highest BCUT2D eigenvalue weighted by Crippen LogP contribution is 2.38. The molecular weight excluding hydrogens is 414 g/mol. The van der Waals surface area contributed by atoms with Crippen LogP contribution in [0.25, 0.3) is 0 Å². The fraction of sp³-hybridized carbons (Fsp3) is 0.600. The summed E-state index contributed by atoms with van der Waals surface area (Å²) in [6.45, 7) is 5.65. The molecule has 6 nitrogen and oxygen atoms in total. The summed E-state index contributed by atoms with van der Waals surface area (Å²) in [7, 11) is 1.36. The second-order valence-corrected chi connectivity index (χ2v) is 9.07. The molecule has 1 aromatic carbocycles. The van der Waals surface area contributed by atoms with Crippen LogP contribution in [0.5, 0.6) is 5.75 Å². The molecule has 1 unspecified atom stereocenters. The van der Waals surface area contributed by atoms with Gasteiger partial charge in [-0.15, -0.1) is 0 Å². The maximum absolute atomic E-state index is 12.5. The summed E-state index contributed by atoms with van der Waals surface area (Å²) in [4.78, 5) is 26.2. The van der Waals surface area contributed by atoms with Gasteiger partial charge in [0, 0.05) is 29.4 Å². The second-order valence-electron chi connectivity index (χ2n) is 8.15. The highest BCUT2D eigenvalue weighted by molar-refractivity contribution is 9.10. The Morgan fingerprint density at radius 3 is 2.30 bits per heavy atom. The molecule has 148 valence electrons. The first-order valence-electron chi connectivity index (χ1n) is 9.23. The van der Waals surface area contributed by atoms with Crippen molar-refractivity contribution in [2.75, 3.05) is 7.11 Å². The monoisotopic (exact) mass is 439 g/mol. The summed E-state index contributed by atoms with van der Waals surface area (Å²) in [5.74, 6) is 0.223. The van der Waals surface area contributed by atoms with E-state index in [-0.39, 0.29) is 24.3 Å². The number of halogens is 1. The number of piperidine rings is 1. The quantitative estimate of drug-likeness (QED) is 0.646. The van der Waals surface area contributed by atoms with Gasteiger partial charge in [0.1, 0.15) is 17.5 Å². The Kier molecular flexibility index (Phi) is 5.70. The van der Waals surface area contributed by atoms with Crippen molar-refractivity contribution >= 4 is 28.0 Å². The highest BCUT2D eigenvalue weighted by Gasteiger charge is 2.45. The third kappa shape index (κ3) is 4.75. The van der Waals surface area contributed by atoms with Gasteiger partial charge in [0.25, 0.3) is 0 Å². The van der Waals surface area contributed by atoms with Crippen molar-refractivity contribution in [2.45, 2.75) is 70.2 Å². The molecule has 3 atom stereocenters. The van der Waals surface area contributed by atoms with Crippen molar-refractivity contribution in [3.05, 3.63) is 28.2 Å². The fourth-order valence-electron chi connectivity index (χ4n) is 3.89. The summed E-state index contributed by atoms with van der Waals surface area (Å²) in [5.41, 5.74) is -0.0548. The number of rotatable bonds is 3. The molecule has 0 aromatic heterocycles. The molecule has 1 aromatic rings. The van der Waals surface area contributed by atoms with Crippen molar-refractivity contribution in [3.8, 4) is 5.75 Å². The smallest absolute Gasteiger partial charge is 0.410 e. The number of carbonyl (C=O) groups excluding carboxylic acids is 2. The van der Waals surface area contributed by atoms with E-state index in [4.69, 9.17) is 14.2 Å². The van der Waals surface area contributed by atoms with Crippen LogP contribution in [-0.2, 0) is 9.47 Å². The molecule has 0 spiro atoms. The van der Waals surface area contributed by atoms with Crippen molar-refractivity contribution in [3.63, 3.8) is 0 Å². The van der Waals surface area contributed by atoms with Gasteiger partial charge in [-0.3, -0.25) is 0 Å². The minimum Gasteiger partial charge on any atom is -0.490 e. The zero-order valence-corrected chi connectivity index (χ0v) is 17.7. The van der Waals surface area contributed by atoms with E-state index >= 15 is 0 Å². The summed E-state index contributed by atoms with van der Waals surface area (Å²) < 4.78 is 17.3. The molecule has 27 heavy (non-hydrogen) atoms. The first kappa shape index (κ1) is 20.0. The topological polar surface area (TPSA) is 65.1 Å². The molecule has 2 aliphatic heterocycles. The maximum Gasteiger partial charge on any atom is 0.410 e. The molecule has 0 radical (unpaired) electrons. The summed E-state index contributed by atoms with van der Waals surface area (Å²) in [6, 6.07) is 5.51. The Labute approximate surface area is 168 Å². The van der Waals surface area contributed by atoms with Crippen molar-refractivity contribution in [1.29, 1.82) is 0 Å². The number of hydrogen-bond acceptors (Lipinski definition) is 5. The van der Waals surface area contributed by atoms with Crippen LogP contribution in [0.15, 0.2) is 22.7 Å². The van der Waals surface area contributed by atoms with E-state index in [9.17, 15) is 9.59 Å². The molecule has 1 amide bonds. The molecule has 2 bridgehead atoms. The van der Waals surface area contributed by atoms with Gasteiger partial charge in [0.15, 0.2) is 0 Å². The van der Waals surface area contributed by atoms with Crippen LogP contribution in [0.1, 0.15) is 56.8 Å². The number of amides is 1. The first-order valence-corrected chi connectivity index (χ1v) is 10.0. The number of hydrogen-bond donors (Lipinski definition) is 0. The molecule has 2 saturated heterocycles. The van der Waals surface area contributed by atoms with Gasteiger partial charge in [-0.2, -0.15) is 0 Å². The van der Waals surface area contributed by atoms with Crippen LogP contribution in [-0.4, -0.2) is 47.9 Å². The largest absolute Gasteiger partial charge is 0.490 e. The van der Waals surface area contributed by atoms with E-state index in [2.05, 4.69) is 15.9 Å². The van der Waals surface area contributed by atoms with Gasteiger partial charge in [-0.25, -0.2) is 9.59 Å². The Morgan fingerprint density at radius 2 is 1.74 bits per heavy atom. The van der Waals surface area contributed by atoms with Gasteiger partial charge in [0.05, 0.1) is 12.7 Å². The number of methoxy groups -OCH3 is 1. The lowest BCUT2D eigenvalue weighted by atomic mass is 10.00. The Morgan fingerprint density at radius 1 is 1.11 bits per heavy atom. The predicted molar refractivity (Wildman–Crippen MR) is 104 cm³/mol. The van der Waals surface area contributed by atoms with Gasteiger partial charge < -0.3 is 19.1 Å². The minimum absolute atomic E-state index is 0.000911. The summed E-state index contributed by atoms with van der Waals surface area (Å²) in [5, 5.41) is 0. The molecule has 0 aliphatic carbocycles. The van der Waals surface area contributed by atoms with Crippen molar-refractivity contribution < 1.29 is 23.8 Å². The van der Waals surface area contributed by atoms with Gasteiger partial charge in [0.2, 0.25) is 0 Å². The highest BCUT2D eigenvalue weighted by atomic mass is 79.9. The number of carbonyl (C=O) groups is 2. The van der Waals surface area contributed by atoms with E-state index in [0.29, 0.717) is 11.3 Å². The average molecular weight is 440 g/mol. The zero-order valence-electron chi connectivity index (χ0n) is 16.2. The number of benzene rings is 1. The standard InChI is InChI=1S/C20H26BrNO5/c1-20(2,3)27-19(24)22-14-5-6-15(22)11-17(10-14)26-16-8-12(18(23)25-4)7-13(21)9-16/h7-9,14-15,17H,5-6,10-11H2,1-4H3/t14-,15+,17?. The molecule has 7 heteroatoms. The van der Waals surface area contributed by atoms with E-state index in [1.54, 1.807) is 12.1 Å². The second kappa shape index (κ2) is 7.70. The van der Waals surface area contributed by atoms with Crippen molar-refractivity contribution in [2.24, 2.45) is 0 Å². The lowest BCUT2D eigenvalue weighted by Gasteiger charge is -2.39. The lowest BCUT2D eigenvalue weighted by molar-refractivity contribution is -0.00713. The zero-order chi connectivity index (χ0) is 19.8. The van der Waals surface area contributed by atoms with E-state index in [1.807, 2.05) is 31.7 Å². The SMILES string of the molecule is COC(=O)c1cc(Br)cc(OC2C[C@H]3CC[C@@H](C2)N3C(=O)OC(C)(C)C)c1. The number of ether oxygens (including phenoxy) is 3. The molecular formula is C20H26BrNO5. The fourth-order valence-corrected chi connectivity index (χ4v) is 4.37. The molecule has 2 heterocycles. The Hall–Kier alpha value is -1.76. The molecule has 3 rings (SSSR count). The van der Waals surface area contributed by atoms with Crippen LogP contribution in [0.2, 0.25) is 0 Å². The predicted octanol–water partition coefficient (Wildman–Crippen LogP) is 4.55. The Balaban J connectivity index is 1.68. The van der Waals surface area contributed by atoms with Crippen LogP contribution in [0.3, 0.4) is 0 Å². The first-order chi connectivity index (χ1) is 12.7. The molecule has 0 saturated carbocycles. The maximum atomic E-state index is 12.5. The van der Waals surface area contributed by atoms with Gasteiger partial charge in [-0.05, 0) is 51.8 Å². The summed E-state index contributed by atoms with van der Waals surface area (Å²) in [6.07, 6.45) is 3.22. The van der Waals surface area contributed by atoms with E-state index in [1.165, 1.54) is 7.11 Å².